The second kappa shape index (κ2) is 6.77. The molecule has 2 nitrogen and oxygen atoms in total. The van der Waals surface area contributed by atoms with E-state index in [1.54, 1.807) is 16.8 Å². The molecule has 25 heavy (non-hydrogen) atoms. The lowest BCUT2D eigenvalue weighted by atomic mass is 9.82. The minimum Gasteiger partial charge on any atom is -0.497 e. The molecule has 0 spiro atoms. The van der Waals surface area contributed by atoms with E-state index in [9.17, 15) is 0 Å². The van der Waals surface area contributed by atoms with Crippen LogP contribution in [0.4, 0.5) is 5.69 Å². The maximum atomic E-state index is 5.74. The highest BCUT2D eigenvalue weighted by Crippen LogP contribution is 2.50. The van der Waals surface area contributed by atoms with Crippen LogP contribution in [0.3, 0.4) is 0 Å². The molecule has 0 radical (unpaired) electrons. The van der Waals surface area contributed by atoms with Crippen molar-refractivity contribution in [1.82, 2.24) is 0 Å². The van der Waals surface area contributed by atoms with E-state index in [-0.39, 0.29) is 0 Å². The van der Waals surface area contributed by atoms with E-state index >= 15 is 0 Å². The summed E-state index contributed by atoms with van der Waals surface area (Å²) in [4.78, 5) is 2.69. The van der Waals surface area contributed by atoms with Gasteiger partial charge in [0, 0.05) is 34.9 Å². The van der Waals surface area contributed by atoms with Crippen molar-refractivity contribution < 1.29 is 4.74 Å². The van der Waals surface area contributed by atoms with Crippen LogP contribution in [0, 0.1) is 0 Å². The van der Waals surface area contributed by atoms with Crippen molar-refractivity contribution in [2.45, 2.75) is 76.0 Å². The summed E-state index contributed by atoms with van der Waals surface area (Å²) in [7, 11) is -0.328. The number of rotatable bonds is 5. The average molecular weight is 376 g/mol. The summed E-state index contributed by atoms with van der Waals surface area (Å²) in [5, 5.41) is 0. The second-order valence-electron chi connectivity index (χ2n) is 10.6. The van der Waals surface area contributed by atoms with Crippen LogP contribution in [0.5, 0.6) is 5.75 Å². The lowest BCUT2D eigenvalue weighted by Gasteiger charge is -2.44. The van der Waals surface area contributed by atoms with Crippen LogP contribution < -0.4 is 9.64 Å². The Hall–Kier alpha value is -0.746. The molecule has 0 N–H and O–H groups in total. The molecule has 1 aromatic carbocycles. The predicted octanol–water partition coefficient (Wildman–Crippen LogP) is 6.15. The third-order valence-corrected chi connectivity index (χ3v) is 9.22. The molecule has 2 atom stereocenters. The van der Waals surface area contributed by atoms with E-state index in [0.29, 0.717) is 0 Å². The Kier molecular flexibility index (Phi) is 5.15. The van der Waals surface area contributed by atoms with Crippen molar-refractivity contribution in [3.05, 3.63) is 23.3 Å². The number of anilines is 1. The third-order valence-electron chi connectivity index (χ3n) is 5.79. The summed E-state index contributed by atoms with van der Waals surface area (Å²) in [6.07, 6.45) is 2.64. The highest BCUT2D eigenvalue weighted by molar-refractivity contribution is 6.76. The number of ether oxygens (including phenoxy) is 1. The van der Waals surface area contributed by atoms with Crippen molar-refractivity contribution in [2.24, 2.45) is 0 Å². The molecule has 0 aliphatic carbocycles. The first-order chi connectivity index (χ1) is 11.6. The monoisotopic (exact) mass is 375 g/mol. The molecule has 2 aliphatic rings. The first-order valence-corrected chi connectivity index (χ1v) is 17.5. The van der Waals surface area contributed by atoms with Gasteiger partial charge >= 0.3 is 0 Å². The normalized spacial score (nSPS) is 23.4. The SMILES string of the molecule is COc1cc2c3c(c1)C(C[Si](C)(C)C)CCN3CCC2C[Si](C)(C)C. The molecule has 0 amide bonds. The summed E-state index contributed by atoms with van der Waals surface area (Å²) in [6.45, 7) is 17.6. The molecule has 1 aromatic rings. The van der Waals surface area contributed by atoms with Gasteiger partial charge in [-0.1, -0.05) is 51.4 Å². The molecule has 0 aromatic heterocycles. The zero-order valence-electron chi connectivity index (χ0n) is 17.4. The van der Waals surface area contributed by atoms with Crippen molar-refractivity contribution in [3.8, 4) is 5.75 Å². The number of hydrogen-bond donors (Lipinski definition) is 0. The quantitative estimate of drug-likeness (QED) is 0.572. The van der Waals surface area contributed by atoms with Crippen molar-refractivity contribution in [3.63, 3.8) is 0 Å². The van der Waals surface area contributed by atoms with Gasteiger partial charge in [-0.3, -0.25) is 0 Å². The van der Waals surface area contributed by atoms with Crippen LogP contribution in [0.25, 0.3) is 0 Å². The third kappa shape index (κ3) is 4.33. The minimum absolute atomic E-state index is 0.734. The average Bonchev–Trinajstić information content (AvgIpc) is 2.49. The smallest absolute Gasteiger partial charge is 0.119 e. The number of methoxy groups -OCH3 is 1. The summed E-state index contributed by atoms with van der Waals surface area (Å²) in [5.74, 6) is 2.55. The van der Waals surface area contributed by atoms with Crippen LogP contribution in [-0.2, 0) is 0 Å². The Bertz CT molecular complexity index is 581. The van der Waals surface area contributed by atoms with Gasteiger partial charge in [-0.15, -0.1) is 0 Å². The van der Waals surface area contributed by atoms with Gasteiger partial charge in [0.15, 0.2) is 0 Å². The molecule has 2 aliphatic heterocycles. The van der Waals surface area contributed by atoms with E-state index in [1.807, 2.05) is 7.11 Å². The fourth-order valence-corrected chi connectivity index (χ4v) is 8.73. The molecular weight excluding hydrogens is 338 g/mol. The van der Waals surface area contributed by atoms with Gasteiger partial charge in [-0.05, 0) is 47.9 Å². The zero-order valence-corrected chi connectivity index (χ0v) is 19.4. The molecule has 2 unspecified atom stereocenters. The van der Waals surface area contributed by atoms with Gasteiger partial charge in [0.2, 0.25) is 0 Å². The molecular formula is C21H37NOSi2. The number of hydrogen-bond acceptors (Lipinski definition) is 2. The summed E-state index contributed by atoms with van der Waals surface area (Å²) >= 11 is 0. The van der Waals surface area contributed by atoms with E-state index < -0.39 is 16.1 Å². The van der Waals surface area contributed by atoms with Crippen molar-refractivity contribution >= 4 is 21.8 Å². The van der Waals surface area contributed by atoms with Gasteiger partial charge in [0.1, 0.15) is 5.75 Å². The molecule has 0 saturated heterocycles. The topological polar surface area (TPSA) is 12.5 Å². The number of nitrogens with zero attached hydrogens (tertiary/aromatic N) is 1. The van der Waals surface area contributed by atoms with E-state index in [4.69, 9.17) is 4.74 Å². The molecule has 4 heteroatoms. The first kappa shape index (κ1) is 19.0. The molecule has 0 fully saturated rings. The van der Waals surface area contributed by atoms with Crippen LogP contribution in [0.2, 0.25) is 51.4 Å². The highest BCUT2D eigenvalue weighted by Gasteiger charge is 2.36. The van der Waals surface area contributed by atoms with Crippen molar-refractivity contribution in [1.29, 1.82) is 0 Å². The summed E-state index contributed by atoms with van der Waals surface area (Å²) < 4.78 is 5.74. The summed E-state index contributed by atoms with van der Waals surface area (Å²) in [5.41, 5.74) is 4.80. The zero-order chi connectivity index (χ0) is 18.4. The predicted molar refractivity (Wildman–Crippen MR) is 116 cm³/mol. The fourth-order valence-electron chi connectivity index (χ4n) is 4.93. The molecule has 2 heterocycles. The Morgan fingerprint density at radius 2 is 1.32 bits per heavy atom. The van der Waals surface area contributed by atoms with Crippen LogP contribution in [0.1, 0.15) is 35.8 Å². The number of benzene rings is 1. The van der Waals surface area contributed by atoms with Gasteiger partial charge < -0.3 is 9.64 Å². The molecule has 3 rings (SSSR count). The second-order valence-corrected chi connectivity index (χ2v) is 21.7. The molecule has 0 saturated carbocycles. The van der Waals surface area contributed by atoms with Crippen LogP contribution >= 0.6 is 0 Å². The summed E-state index contributed by atoms with van der Waals surface area (Å²) in [6, 6.07) is 7.54. The Morgan fingerprint density at radius 3 is 1.68 bits per heavy atom. The van der Waals surface area contributed by atoms with E-state index in [0.717, 1.165) is 17.6 Å². The highest BCUT2D eigenvalue weighted by atomic mass is 28.3. The van der Waals surface area contributed by atoms with Gasteiger partial charge in [0.25, 0.3) is 0 Å². The largest absolute Gasteiger partial charge is 0.497 e. The van der Waals surface area contributed by atoms with E-state index in [1.165, 1.54) is 38.0 Å². The minimum atomic E-state index is -1.08. The Balaban J connectivity index is 2.06. The van der Waals surface area contributed by atoms with E-state index in [2.05, 4.69) is 56.3 Å². The fraction of sp³-hybridized carbons (Fsp3) is 0.714. The lowest BCUT2D eigenvalue weighted by molar-refractivity contribution is 0.411. The maximum Gasteiger partial charge on any atom is 0.119 e. The van der Waals surface area contributed by atoms with Crippen molar-refractivity contribution in [2.75, 3.05) is 25.1 Å². The standard InChI is InChI=1S/C21H37NOSi2/c1-23-18-12-19-16(14-24(2,3)4)8-10-22-11-9-17(15-25(5,6)7)20(13-18)21(19)22/h12-13,16-17H,8-11,14-15H2,1-7H3. The maximum absolute atomic E-state index is 5.74. The lowest BCUT2D eigenvalue weighted by Crippen LogP contribution is -2.39. The first-order valence-electron chi connectivity index (χ1n) is 10.0. The van der Waals surface area contributed by atoms with Crippen LogP contribution in [-0.4, -0.2) is 36.3 Å². The van der Waals surface area contributed by atoms with Gasteiger partial charge in [-0.2, -0.15) is 0 Å². The van der Waals surface area contributed by atoms with Gasteiger partial charge in [0.05, 0.1) is 7.11 Å². The Labute approximate surface area is 157 Å². The molecule has 0 bridgehead atoms. The van der Waals surface area contributed by atoms with Gasteiger partial charge in [-0.25, -0.2) is 0 Å². The Morgan fingerprint density at radius 1 is 0.880 bits per heavy atom. The van der Waals surface area contributed by atoms with Crippen LogP contribution in [0.15, 0.2) is 12.1 Å². The molecule has 140 valence electrons.